The third kappa shape index (κ3) is 5.70. The number of hydrogen-bond donors (Lipinski definition) is 1. The lowest BCUT2D eigenvalue weighted by Gasteiger charge is -2.42. The van der Waals surface area contributed by atoms with E-state index in [2.05, 4.69) is 19.1 Å². The molecule has 1 aliphatic carbocycles. The van der Waals surface area contributed by atoms with Crippen molar-refractivity contribution in [3.05, 3.63) is 35.9 Å². The van der Waals surface area contributed by atoms with Gasteiger partial charge in [-0.25, -0.2) is 0 Å². The highest BCUT2D eigenvalue weighted by atomic mass is 16.7. The zero-order valence-corrected chi connectivity index (χ0v) is 19.3. The van der Waals surface area contributed by atoms with Crippen molar-refractivity contribution >= 4 is 0 Å². The van der Waals surface area contributed by atoms with Gasteiger partial charge in [-0.15, -0.1) is 0 Å². The van der Waals surface area contributed by atoms with E-state index in [0.717, 1.165) is 19.3 Å². The summed E-state index contributed by atoms with van der Waals surface area (Å²) in [5, 5.41) is 11.2. The van der Waals surface area contributed by atoms with Crippen molar-refractivity contribution in [2.45, 2.75) is 63.3 Å². The van der Waals surface area contributed by atoms with Crippen LogP contribution in [0.1, 0.15) is 38.2 Å². The Labute approximate surface area is 191 Å². The lowest BCUT2D eigenvalue weighted by Crippen LogP contribution is -2.53. The molecule has 7 heteroatoms. The molecule has 2 aliphatic heterocycles. The van der Waals surface area contributed by atoms with E-state index in [4.69, 9.17) is 28.4 Å². The van der Waals surface area contributed by atoms with E-state index in [1.165, 1.54) is 5.56 Å². The van der Waals surface area contributed by atoms with E-state index in [1.807, 2.05) is 18.2 Å². The van der Waals surface area contributed by atoms with Crippen LogP contribution in [0.3, 0.4) is 0 Å². The molecule has 7 nitrogen and oxygen atoms in total. The maximum Gasteiger partial charge on any atom is 0.197 e. The minimum absolute atomic E-state index is 0.00363. The van der Waals surface area contributed by atoms with Crippen molar-refractivity contribution in [3.63, 3.8) is 0 Å². The van der Waals surface area contributed by atoms with Gasteiger partial charge in [0.15, 0.2) is 5.79 Å². The third-order valence-corrected chi connectivity index (χ3v) is 7.13. The number of ether oxygens (including phenoxy) is 6. The first kappa shape index (κ1) is 24.1. The summed E-state index contributed by atoms with van der Waals surface area (Å²) in [5.41, 5.74) is 1.19. The van der Waals surface area contributed by atoms with Crippen LogP contribution in [-0.4, -0.2) is 69.5 Å². The van der Waals surface area contributed by atoms with E-state index in [0.29, 0.717) is 45.4 Å². The Morgan fingerprint density at radius 3 is 2.78 bits per heavy atom. The number of aliphatic hydroxyl groups excluding tert-OH is 1. The molecule has 1 saturated carbocycles. The molecule has 2 saturated heterocycles. The molecule has 3 fully saturated rings. The summed E-state index contributed by atoms with van der Waals surface area (Å²) >= 11 is 0. The van der Waals surface area contributed by atoms with Crippen LogP contribution in [-0.2, 0) is 35.0 Å². The van der Waals surface area contributed by atoms with E-state index in [1.54, 1.807) is 7.11 Å². The molecule has 4 rings (SSSR count). The van der Waals surface area contributed by atoms with Gasteiger partial charge in [0.1, 0.15) is 12.9 Å². The predicted molar refractivity (Wildman–Crippen MR) is 118 cm³/mol. The molecule has 0 bridgehead atoms. The maximum atomic E-state index is 11.2. The van der Waals surface area contributed by atoms with Crippen LogP contribution in [0.2, 0.25) is 0 Å². The van der Waals surface area contributed by atoms with E-state index >= 15 is 0 Å². The van der Waals surface area contributed by atoms with Crippen LogP contribution in [0.25, 0.3) is 0 Å². The van der Waals surface area contributed by atoms with Crippen LogP contribution in [0.15, 0.2) is 30.3 Å². The van der Waals surface area contributed by atoms with Crippen molar-refractivity contribution < 1.29 is 33.5 Å². The first-order chi connectivity index (χ1) is 15.6. The van der Waals surface area contributed by atoms with E-state index < -0.39 is 11.9 Å². The first-order valence-corrected chi connectivity index (χ1v) is 11.9. The third-order valence-electron chi connectivity index (χ3n) is 7.13. The predicted octanol–water partition coefficient (Wildman–Crippen LogP) is 3.14. The molecule has 1 aromatic rings. The van der Waals surface area contributed by atoms with Gasteiger partial charge >= 0.3 is 0 Å². The van der Waals surface area contributed by atoms with Gasteiger partial charge in [0.2, 0.25) is 0 Å². The lowest BCUT2D eigenvalue weighted by atomic mass is 9.77. The number of rotatable bonds is 10. The van der Waals surface area contributed by atoms with Gasteiger partial charge in [0.25, 0.3) is 0 Å². The first-order valence-electron chi connectivity index (χ1n) is 11.9. The monoisotopic (exact) mass is 450 g/mol. The summed E-state index contributed by atoms with van der Waals surface area (Å²) in [6, 6.07) is 10.2. The normalized spacial score (nSPS) is 37.0. The second-order valence-electron chi connectivity index (χ2n) is 9.47. The van der Waals surface area contributed by atoms with Gasteiger partial charge in [-0.1, -0.05) is 37.3 Å². The standard InChI is InChI=1S/C25H38O7/c1-18-14-31-25(13-23(18)30-17-28-11-10-27-2)24(26)21-9-8-20(12-22(21)32-25)16-29-15-19-6-4-3-5-7-19/h3-7,18,20-24,26H,8-17H2,1-2H3. The Hall–Kier alpha value is -1.06. The largest absolute Gasteiger partial charge is 0.387 e. The Morgan fingerprint density at radius 1 is 1.12 bits per heavy atom. The van der Waals surface area contributed by atoms with Crippen molar-refractivity contribution in [2.24, 2.45) is 17.8 Å². The summed E-state index contributed by atoms with van der Waals surface area (Å²) in [7, 11) is 1.65. The Bertz CT molecular complexity index is 686. The van der Waals surface area contributed by atoms with Crippen LogP contribution in [0.5, 0.6) is 0 Å². The summed E-state index contributed by atoms with van der Waals surface area (Å²) in [6.07, 6.45) is 2.66. The fraction of sp³-hybridized carbons (Fsp3) is 0.760. The molecule has 1 N–H and O–H groups in total. The minimum Gasteiger partial charge on any atom is -0.387 e. The molecule has 0 radical (unpaired) electrons. The highest BCUT2D eigenvalue weighted by molar-refractivity contribution is 5.13. The van der Waals surface area contributed by atoms with Gasteiger partial charge in [-0.3, -0.25) is 0 Å². The van der Waals surface area contributed by atoms with Gasteiger partial charge < -0.3 is 33.5 Å². The quantitative estimate of drug-likeness (QED) is 0.434. The average molecular weight is 451 g/mol. The topological polar surface area (TPSA) is 75.6 Å². The molecule has 2 heterocycles. The maximum absolute atomic E-state index is 11.2. The number of fused-ring (bicyclic) bond motifs is 1. The molecule has 0 aromatic heterocycles. The van der Waals surface area contributed by atoms with Crippen LogP contribution in [0, 0.1) is 17.8 Å². The SMILES string of the molecule is COCCOCOC1CC2(OCC1C)OC1CC(COCc3ccccc3)CCC1C2O. The fourth-order valence-corrected chi connectivity index (χ4v) is 5.22. The molecule has 0 amide bonds. The molecule has 7 atom stereocenters. The molecule has 180 valence electrons. The molecule has 3 aliphatic rings. The lowest BCUT2D eigenvalue weighted by molar-refractivity contribution is -0.308. The highest BCUT2D eigenvalue weighted by Crippen LogP contribution is 2.49. The summed E-state index contributed by atoms with van der Waals surface area (Å²) in [4.78, 5) is 0. The smallest absolute Gasteiger partial charge is 0.197 e. The molecular formula is C25H38O7. The van der Waals surface area contributed by atoms with E-state index in [-0.39, 0.29) is 30.8 Å². The fourth-order valence-electron chi connectivity index (χ4n) is 5.22. The molecule has 1 spiro atoms. The highest BCUT2D eigenvalue weighted by Gasteiger charge is 2.59. The van der Waals surface area contributed by atoms with Crippen molar-refractivity contribution in [1.82, 2.24) is 0 Å². The minimum atomic E-state index is -0.973. The summed E-state index contributed by atoms with van der Waals surface area (Å²) in [6.45, 7) is 5.19. The Morgan fingerprint density at radius 2 is 1.97 bits per heavy atom. The second kappa shape index (κ2) is 11.4. The second-order valence-corrected chi connectivity index (χ2v) is 9.47. The van der Waals surface area contributed by atoms with Gasteiger partial charge in [-0.2, -0.15) is 0 Å². The summed E-state index contributed by atoms with van der Waals surface area (Å²) in [5.74, 6) is -0.221. The molecule has 1 aromatic carbocycles. The zero-order chi connectivity index (χ0) is 22.4. The van der Waals surface area contributed by atoms with Gasteiger partial charge in [0.05, 0.1) is 38.6 Å². The zero-order valence-electron chi connectivity index (χ0n) is 19.3. The molecule has 32 heavy (non-hydrogen) atoms. The number of hydrogen-bond acceptors (Lipinski definition) is 7. The van der Waals surface area contributed by atoms with Gasteiger partial charge in [0, 0.05) is 32.0 Å². The van der Waals surface area contributed by atoms with E-state index in [9.17, 15) is 5.11 Å². The molecule has 7 unspecified atom stereocenters. The van der Waals surface area contributed by atoms with Crippen molar-refractivity contribution in [2.75, 3.05) is 40.3 Å². The van der Waals surface area contributed by atoms with Crippen LogP contribution >= 0.6 is 0 Å². The number of methoxy groups -OCH3 is 1. The van der Waals surface area contributed by atoms with Crippen molar-refractivity contribution in [1.29, 1.82) is 0 Å². The number of benzene rings is 1. The molecular weight excluding hydrogens is 412 g/mol. The van der Waals surface area contributed by atoms with Gasteiger partial charge in [-0.05, 0) is 30.7 Å². The van der Waals surface area contributed by atoms with Crippen molar-refractivity contribution in [3.8, 4) is 0 Å². The number of aliphatic hydroxyl groups is 1. The Balaban J connectivity index is 1.27. The van der Waals surface area contributed by atoms with Crippen LogP contribution in [0.4, 0.5) is 0 Å². The summed E-state index contributed by atoms with van der Waals surface area (Å²) < 4.78 is 35.0. The average Bonchev–Trinajstić information content (AvgIpc) is 3.07. The Kier molecular flexibility index (Phi) is 8.56. The van der Waals surface area contributed by atoms with Crippen LogP contribution < -0.4 is 0 Å².